The van der Waals surface area contributed by atoms with Gasteiger partial charge in [-0.15, -0.1) is 0 Å². The van der Waals surface area contributed by atoms with Crippen molar-refractivity contribution in [2.75, 3.05) is 11.5 Å². The lowest BCUT2D eigenvalue weighted by Gasteiger charge is -2.21. The Labute approximate surface area is 135 Å². The molecular weight excluding hydrogens is 288 g/mol. The second-order valence-electron chi connectivity index (χ2n) is 7.26. The van der Waals surface area contributed by atoms with Crippen molar-refractivity contribution in [3.05, 3.63) is 17.1 Å². The predicted molar refractivity (Wildman–Crippen MR) is 90.8 cm³/mol. The van der Waals surface area contributed by atoms with Crippen LogP contribution in [0.15, 0.2) is 0 Å². The maximum absolute atomic E-state index is 9.31. The first-order chi connectivity index (χ1) is 10.8. The van der Waals surface area contributed by atoms with E-state index in [1.54, 1.807) is 0 Å². The Morgan fingerprint density at radius 3 is 2.30 bits per heavy atom. The standard InChI is InChI=1S/C17H22N6/c1-17(2,3)16-21-13(9-6-4-5-7-9)11-12(19)10(8-18)14(20)22-15(11)23-16/h9H,4-7H2,1-3H3,(H4,19,20,21,22,23). The van der Waals surface area contributed by atoms with Crippen LogP contribution in [0.5, 0.6) is 0 Å². The molecule has 4 N–H and O–H groups in total. The zero-order chi connectivity index (χ0) is 16.8. The van der Waals surface area contributed by atoms with Crippen LogP contribution in [0.1, 0.15) is 69.5 Å². The van der Waals surface area contributed by atoms with Gasteiger partial charge in [-0.05, 0) is 12.8 Å². The highest BCUT2D eigenvalue weighted by molar-refractivity contribution is 5.95. The summed E-state index contributed by atoms with van der Waals surface area (Å²) in [5.74, 6) is 1.22. The lowest BCUT2D eigenvalue weighted by molar-refractivity contribution is 0.539. The maximum Gasteiger partial charge on any atom is 0.167 e. The molecule has 6 heteroatoms. The molecule has 3 rings (SSSR count). The summed E-state index contributed by atoms with van der Waals surface area (Å²) in [7, 11) is 0. The van der Waals surface area contributed by atoms with Crippen LogP contribution >= 0.6 is 0 Å². The lowest BCUT2D eigenvalue weighted by Crippen LogP contribution is -2.19. The van der Waals surface area contributed by atoms with E-state index in [0.29, 0.717) is 22.6 Å². The molecule has 0 spiro atoms. The molecule has 1 saturated carbocycles. The third-order valence-corrected chi connectivity index (χ3v) is 4.46. The molecule has 6 nitrogen and oxygen atoms in total. The summed E-state index contributed by atoms with van der Waals surface area (Å²) in [4.78, 5) is 13.8. The highest BCUT2D eigenvalue weighted by atomic mass is 15.0. The van der Waals surface area contributed by atoms with E-state index in [-0.39, 0.29) is 16.8 Å². The number of hydrogen-bond donors (Lipinski definition) is 2. The molecule has 0 aromatic carbocycles. The van der Waals surface area contributed by atoms with Gasteiger partial charge in [-0.3, -0.25) is 0 Å². The normalized spacial score (nSPS) is 15.9. The Balaban J connectivity index is 2.38. The van der Waals surface area contributed by atoms with Crippen LogP contribution in [0.3, 0.4) is 0 Å². The van der Waals surface area contributed by atoms with Gasteiger partial charge < -0.3 is 11.5 Å². The summed E-state index contributed by atoms with van der Waals surface area (Å²) in [5, 5.41) is 10.0. The Morgan fingerprint density at radius 2 is 1.74 bits per heavy atom. The van der Waals surface area contributed by atoms with Crippen molar-refractivity contribution in [1.82, 2.24) is 15.0 Å². The Hall–Kier alpha value is -2.42. The molecule has 0 radical (unpaired) electrons. The number of nitriles is 1. The quantitative estimate of drug-likeness (QED) is 0.836. The van der Waals surface area contributed by atoms with Crippen LogP contribution in [0.2, 0.25) is 0 Å². The number of nitrogen functional groups attached to an aromatic ring is 2. The first-order valence-corrected chi connectivity index (χ1v) is 8.00. The van der Waals surface area contributed by atoms with Crippen LogP contribution < -0.4 is 11.5 Å². The van der Waals surface area contributed by atoms with Crippen molar-refractivity contribution >= 4 is 22.5 Å². The van der Waals surface area contributed by atoms with Gasteiger partial charge in [-0.25, -0.2) is 15.0 Å². The summed E-state index contributed by atoms with van der Waals surface area (Å²) in [6, 6.07) is 2.05. The SMILES string of the molecule is CC(C)(C)c1nc(C2CCCC2)c2c(N)c(C#N)c(N)nc2n1. The van der Waals surface area contributed by atoms with E-state index in [2.05, 4.69) is 36.8 Å². The highest BCUT2D eigenvalue weighted by Crippen LogP contribution is 2.40. The van der Waals surface area contributed by atoms with Crippen molar-refractivity contribution in [2.24, 2.45) is 0 Å². The van der Waals surface area contributed by atoms with Gasteiger partial charge in [0.1, 0.15) is 23.3 Å². The number of rotatable bonds is 1. The van der Waals surface area contributed by atoms with Crippen LogP contribution in [0.4, 0.5) is 11.5 Å². The molecule has 1 aliphatic carbocycles. The Bertz CT molecular complexity index is 807. The molecule has 0 amide bonds. The molecule has 0 bridgehead atoms. The van der Waals surface area contributed by atoms with Crippen molar-refractivity contribution < 1.29 is 0 Å². The van der Waals surface area contributed by atoms with Gasteiger partial charge in [-0.1, -0.05) is 33.6 Å². The molecule has 23 heavy (non-hydrogen) atoms. The van der Waals surface area contributed by atoms with Crippen molar-refractivity contribution in [3.8, 4) is 6.07 Å². The Morgan fingerprint density at radius 1 is 1.09 bits per heavy atom. The van der Waals surface area contributed by atoms with Gasteiger partial charge in [0.15, 0.2) is 5.65 Å². The molecule has 1 fully saturated rings. The van der Waals surface area contributed by atoms with Crippen LogP contribution in [0, 0.1) is 11.3 Å². The van der Waals surface area contributed by atoms with Gasteiger partial charge in [-0.2, -0.15) is 5.26 Å². The fourth-order valence-electron chi connectivity index (χ4n) is 3.19. The monoisotopic (exact) mass is 310 g/mol. The number of aromatic nitrogens is 3. The summed E-state index contributed by atoms with van der Waals surface area (Å²) < 4.78 is 0. The zero-order valence-corrected chi connectivity index (χ0v) is 13.8. The van der Waals surface area contributed by atoms with E-state index in [9.17, 15) is 5.26 Å². The van der Waals surface area contributed by atoms with Crippen molar-refractivity contribution in [3.63, 3.8) is 0 Å². The molecule has 0 saturated heterocycles. The second-order valence-corrected chi connectivity index (χ2v) is 7.26. The van der Waals surface area contributed by atoms with Gasteiger partial charge >= 0.3 is 0 Å². The third-order valence-electron chi connectivity index (χ3n) is 4.46. The molecular formula is C17H22N6. The molecule has 2 aromatic rings. The van der Waals surface area contributed by atoms with E-state index < -0.39 is 0 Å². The molecule has 2 aromatic heterocycles. The van der Waals surface area contributed by atoms with E-state index in [1.165, 1.54) is 12.8 Å². The van der Waals surface area contributed by atoms with Crippen molar-refractivity contribution in [2.45, 2.75) is 57.8 Å². The smallest absolute Gasteiger partial charge is 0.167 e. The van der Waals surface area contributed by atoms with Gasteiger partial charge in [0.25, 0.3) is 0 Å². The molecule has 120 valence electrons. The number of fused-ring (bicyclic) bond motifs is 1. The van der Waals surface area contributed by atoms with Crippen molar-refractivity contribution in [1.29, 1.82) is 5.26 Å². The third kappa shape index (κ3) is 2.56. The molecule has 0 atom stereocenters. The average Bonchev–Trinajstić information content (AvgIpc) is 2.99. The fourth-order valence-corrected chi connectivity index (χ4v) is 3.19. The van der Waals surface area contributed by atoms with Gasteiger partial charge in [0.05, 0.1) is 16.8 Å². The minimum absolute atomic E-state index is 0.133. The summed E-state index contributed by atoms with van der Waals surface area (Å²) in [6.07, 6.45) is 4.55. The average molecular weight is 310 g/mol. The predicted octanol–water partition coefficient (Wildman–Crippen LogP) is 3.02. The van der Waals surface area contributed by atoms with E-state index in [4.69, 9.17) is 16.5 Å². The first-order valence-electron chi connectivity index (χ1n) is 8.00. The highest BCUT2D eigenvalue weighted by Gasteiger charge is 2.28. The summed E-state index contributed by atoms with van der Waals surface area (Å²) in [6.45, 7) is 6.22. The molecule has 0 unspecified atom stereocenters. The lowest BCUT2D eigenvalue weighted by atomic mass is 9.93. The second kappa shape index (κ2) is 5.34. The first kappa shape index (κ1) is 15.5. The molecule has 0 aliphatic heterocycles. The summed E-state index contributed by atoms with van der Waals surface area (Å²) in [5.41, 5.74) is 13.9. The largest absolute Gasteiger partial charge is 0.397 e. The number of pyridine rings is 1. The zero-order valence-electron chi connectivity index (χ0n) is 13.8. The molecule has 2 heterocycles. The number of hydrogen-bond acceptors (Lipinski definition) is 6. The number of nitrogens with zero attached hydrogens (tertiary/aromatic N) is 4. The summed E-state index contributed by atoms with van der Waals surface area (Å²) >= 11 is 0. The topological polar surface area (TPSA) is 114 Å². The van der Waals surface area contributed by atoms with Crippen LogP contribution in [-0.2, 0) is 5.41 Å². The minimum atomic E-state index is -0.194. The number of anilines is 2. The van der Waals surface area contributed by atoms with Crippen LogP contribution in [0.25, 0.3) is 11.0 Å². The maximum atomic E-state index is 9.31. The van der Waals surface area contributed by atoms with Crippen LogP contribution in [-0.4, -0.2) is 15.0 Å². The van der Waals surface area contributed by atoms with E-state index >= 15 is 0 Å². The minimum Gasteiger partial charge on any atom is -0.397 e. The van der Waals surface area contributed by atoms with E-state index in [1.807, 2.05) is 0 Å². The van der Waals surface area contributed by atoms with Gasteiger partial charge in [0.2, 0.25) is 0 Å². The van der Waals surface area contributed by atoms with Gasteiger partial charge in [0, 0.05) is 11.3 Å². The Kier molecular flexibility index (Phi) is 3.59. The van der Waals surface area contributed by atoms with E-state index in [0.717, 1.165) is 24.4 Å². The fraction of sp³-hybridized carbons (Fsp3) is 0.529. The molecule has 1 aliphatic rings. The number of nitrogens with two attached hydrogens (primary N) is 2.